The zero-order valence-corrected chi connectivity index (χ0v) is 8.20. The van der Waals surface area contributed by atoms with Crippen LogP contribution in [0.2, 0.25) is 0 Å². The first kappa shape index (κ1) is 11.9. The first-order chi connectivity index (χ1) is 5.81. The highest BCUT2D eigenvalue weighted by molar-refractivity contribution is 5.76. The van der Waals surface area contributed by atoms with Crippen molar-refractivity contribution < 1.29 is 19.8 Å². The van der Waals surface area contributed by atoms with Crippen LogP contribution < -0.4 is 0 Å². The highest BCUT2D eigenvalue weighted by atomic mass is 16.4. The Labute approximate surface area is 77.6 Å². The summed E-state index contributed by atoms with van der Waals surface area (Å²) in [4.78, 5) is 21.3. The van der Waals surface area contributed by atoms with Gasteiger partial charge in [-0.1, -0.05) is 6.92 Å². The molecule has 1 unspecified atom stereocenters. The zero-order chi connectivity index (χ0) is 10.6. The molecule has 0 saturated carbocycles. The lowest BCUT2D eigenvalue weighted by Gasteiger charge is -2.22. The topological polar surface area (TPSA) is 74.6 Å². The van der Waals surface area contributed by atoms with E-state index in [0.29, 0.717) is 6.42 Å². The van der Waals surface area contributed by atoms with Gasteiger partial charge in [-0.3, -0.25) is 9.59 Å². The highest BCUT2D eigenvalue weighted by Gasteiger charge is 2.32. The molecule has 0 aliphatic heterocycles. The molecule has 0 aliphatic rings. The third kappa shape index (κ3) is 3.44. The molecule has 0 heterocycles. The SMILES string of the molecule is CCC(CC(C)(C)C(=O)O)C(=O)O. The average Bonchev–Trinajstić information content (AvgIpc) is 1.99. The van der Waals surface area contributed by atoms with Crippen LogP contribution in [0.15, 0.2) is 0 Å². The van der Waals surface area contributed by atoms with Crippen molar-refractivity contribution in [1.29, 1.82) is 0 Å². The molecule has 13 heavy (non-hydrogen) atoms. The van der Waals surface area contributed by atoms with E-state index in [4.69, 9.17) is 10.2 Å². The number of aliphatic carboxylic acids is 2. The molecule has 4 heteroatoms. The Morgan fingerprint density at radius 2 is 1.77 bits per heavy atom. The van der Waals surface area contributed by atoms with Crippen LogP contribution in [-0.4, -0.2) is 22.2 Å². The zero-order valence-electron chi connectivity index (χ0n) is 8.20. The van der Waals surface area contributed by atoms with Gasteiger partial charge in [-0.2, -0.15) is 0 Å². The molecule has 0 aromatic heterocycles. The second kappa shape index (κ2) is 4.25. The van der Waals surface area contributed by atoms with Crippen LogP contribution in [0.3, 0.4) is 0 Å². The van der Waals surface area contributed by atoms with Gasteiger partial charge < -0.3 is 10.2 Å². The molecule has 76 valence electrons. The van der Waals surface area contributed by atoms with Crippen LogP contribution in [0.4, 0.5) is 0 Å². The van der Waals surface area contributed by atoms with E-state index < -0.39 is 23.3 Å². The molecule has 2 N–H and O–H groups in total. The maximum absolute atomic E-state index is 10.7. The van der Waals surface area contributed by atoms with E-state index in [2.05, 4.69) is 0 Å². The number of hydrogen-bond donors (Lipinski definition) is 2. The second-order valence-electron chi connectivity index (χ2n) is 3.84. The lowest BCUT2D eigenvalue weighted by molar-refractivity contribution is -0.150. The first-order valence-corrected chi connectivity index (χ1v) is 4.27. The minimum atomic E-state index is -0.959. The van der Waals surface area contributed by atoms with Crippen molar-refractivity contribution in [2.45, 2.75) is 33.6 Å². The van der Waals surface area contributed by atoms with Crippen molar-refractivity contribution >= 4 is 11.9 Å². The van der Waals surface area contributed by atoms with E-state index >= 15 is 0 Å². The Hall–Kier alpha value is -1.06. The van der Waals surface area contributed by atoms with Gasteiger partial charge in [-0.25, -0.2) is 0 Å². The summed E-state index contributed by atoms with van der Waals surface area (Å²) in [6.07, 6.45) is 0.639. The van der Waals surface area contributed by atoms with Gasteiger partial charge in [0.05, 0.1) is 11.3 Å². The molecule has 4 nitrogen and oxygen atoms in total. The summed E-state index contributed by atoms with van der Waals surface area (Å²) < 4.78 is 0. The summed E-state index contributed by atoms with van der Waals surface area (Å²) in [5.41, 5.74) is -0.959. The largest absolute Gasteiger partial charge is 0.481 e. The molecular weight excluding hydrogens is 172 g/mol. The van der Waals surface area contributed by atoms with Crippen LogP contribution in [0.1, 0.15) is 33.6 Å². The fraction of sp³-hybridized carbons (Fsp3) is 0.778. The fourth-order valence-electron chi connectivity index (χ4n) is 1.11. The Morgan fingerprint density at radius 3 is 2.00 bits per heavy atom. The molecule has 0 bridgehead atoms. The van der Waals surface area contributed by atoms with Crippen LogP contribution in [-0.2, 0) is 9.59 Å². The monoisotopic (exact) mass is 188 g/mol. The molecule has 0 saturated heterocycles. The summed E-state index contributed by atoms with van der Waals surface area (Å²) >= 11 is 0. The van der Waals surface area contributed by atoms with E-state index in [9.17, 15) is 9.59 Å². The van der Waals surface area contributed by atoms with Crippen LogP contribution in [0, 0.1) is 11.3 Å². The molecule has 0 aliphatic carbocycles. The van der Waals surface area contributed by atoms with Crippen molar-refractivity contribution in [2.75, 3.05) is 0 Å². The van der Waals surface area contributed by atoms with Crippen molar-refractivity contribution in [2.24, 2.45) is 11.3 Å². The quantitative estimate of drug-likeness (QED) is 0.687. The summed E-state index contributed by atoms with van der Waals surface area (Å²) in [6, 6.07) is 0. The minimum absolute atomic E-state index is 0.175. The molecule has 0 fully saturated rings. The van der Waals surface area contributed by atoms with Crippen LogP contribution in [0.25, 0.3) is 0 Å². The number of hydrogen-bond acceptors (Lipinski definition) is 2. The molecular formula is C9H16O4. The molecule has 0 rings (SSSR count). The molecule has 0 spiro atoms. The Balaban J connectivity index is 4.39. The van der Waals surface area contributed by atoms with E-state index in [-0.39, 0.29) is 6.42 Å². The van der Waals surface area contributed by atoms with Crippen molar-refractivity contribution in [1.82, 2.24) is 0 Å². The number of carboxylic acids is 2. The fourth-order valence-corrected chi connectivity index (χ4v) is 1.11. The lowest BCUT2D eigenvalue weighted by Crippen LogP contribution is -2.29. The van der Waals surface area contributed by atoms with Gasteiger partial charge in [0, 0.05) is 0 Å². The van der Waals surface area contributed by atoms with Gasteiger partial charge in [-0.05, 0) is 26.7 Å². The second-order valence-corrected chi connectivity index (χ2v) is 3.84. The Bertz CT molecular complexity index is 208. The van der Waals surface area contributed by atoms with Gasteiger partial charge in [-0.15, -0.1) is 0 Å². The summed E-state index contributed by atoms with van der Waals surface area (Å²) in [6.45, 7) is 4.83. The third-order valence-corrected chi connectivity index (χ3v) is 2.18. The lowest BCUT2D eigenvalue weighted by atomic mass is 9.82. The summed E-state index contributed by atoms with van der Waals surface area (Å²) in [5, 5.41) is 17.5. The van der Waals surface area contributed by atoms with E-state index in [0.717, 1.165) is 0 Å². The van der Waals surface area contributed by atoms with Gasteiger partial charge in [0.1, 0.15) is 0 Å². The standard InChI is InChI=1S/C9H16O4/c1-4-6(7(10)11)5-9(2,3)8(12)13/h6H,4-5H2,1-3H3,(H,10,11)(H,12,13). The molecule has 0 radical (unpaired) electrons. The van der Waals surface area contributed by atoms with Gasteiger partial charge in [0.25, 0.3) is 0 Å². The van der Waals surface area contributed by atoms with Crippen molar-refractivity contribution in [3.63, 3.8) is 0 Å². The van der Waals surface area contributed by atoms with Crippen molar-refractivity contribution in [3.8, 4) is 0 Å². The number of rotatable bonds is 5. The normalized spacial score (nSPS) is 13.8. The molecule has 0 aromatic carbocycles. The Morgan fingerprint density at radius 1 is 1.31 bits per heavy atom. The molecule has 0 aromatic rings. The van der Waals surface area contributed by atoms with Gasteiger partial charge in [0.15, 0.2) is 0 Å². The highest BCUT2D eigenvalue weighted by Crippen LogP contribution is 2.27. The average molecular weight is 188 g/mol. The maximum Gasteiger partial charge on any atom is 0.309 e. The van der Waals surface area contributed by atoms with Gasteiger partial charge >= 0.3 is 11.9 Å². The van der Waals surface area contributed by atoms with Crippen molar-refractivity contribution in [3.05, 3.63) is 0 Å². The first-order valence-electron chi connectivity index (χ1n) is 4.27. The number of carboxylic acid groups (broad SMARTS) is 2. The molecule has 1 atom stereocenters. The molecule has 0 amide bonds. The van der Waals surface area contributed by atoms with Crippen LogP contribution >= 0.6 is 0 Å². The third-order valence-electron chi connectivity index (χ3n) is 2.18. The summed E-state index contributed by atoms with van der Waals surface area (Å²) in [5.74, 6) is -2.44. The maximum atomic E-state index is 10.7. The minimum Gasteiger partial charge on any atom is -0.481 e. The van der Waals surface area contributed by atoms with Gasteiger partial charge in [0.2, 0.25) is 0 Å². The van der Waals surface area contributed by atoms with E-state index in [1.807, 2.05) is 0 Å². The predicted molar refractivity (Wildman–Crippen MR) is 47.5 cm³/mol. The van der Waals surface area contributed by atoms with E-state index in [1.165, 1.54) is 0 Å². The number of carbonyl (C=O) groups is 2. The Kier molecular flexibility index (Phi) is 3.91. The smallest absolute Gasteiger partial charge is 0.309 e. The predicted octanol–water partition coefficient (Wildman–Crippen LogP) is 1.60. The van der Waals surface area contributed by atoms with Crippen LogP contribution in [0.5, 0.6) is 0 Å². The van der Waals surface area contributed by atoms with E-state index in [1.54, 1.807) is 20.8 Å². The summed E-state index contributed by atoms with van der Waals surface area (Å²) in [7, 11) is 0.